The average molecular weight is 396 g/mol. The first-order chi connectivity index (χ1) is 13.1. The molecule has 0 aliphatic heterocycles. The molecule has 0 aromatic heterocycles. The van der Waals surface area contributed by atoms with Crippen LogP contribution < -0.4 is 10.5 Å². The van der Waals surface area contributed by atoms with Crippen LogP contribution in [0.4, 0.5) is 24.5 Å². The van der Waals surface area contributed by atoms with Gasteiger partial charge in [-0.25, -0.2) is 0 Å². The Labute approximate surface area is 161 Å². The van der Waals surface area contributed by atoms with Gasteiger partial charge in [-0.1, -0.05) is 38.8 Å². The molecule has 0 fully saturated rings. The van der Waals surface area contributed by atoms with Gasteiger partial charge in [0.2, 0.25) is 0 Å². The van der Waals surface area contributed by atoms with Gasteiger partial charge in [0.05, 0.1) is 16.6 Å². The quantitative estimate of drug-likeness (QED) is 0.334. The van der Waals surface area contributed by atoms with Crippen LogP contribution in [0.1, 0.15) is 55.7 Å². The summed E-state index contributed by atoms with van der Waals surface area (Å²) in [6.45, 7) is 3.65. The Morgan fingerprint density at radius 3 is 2.54 bits per heavy atom. The number of hydrogen-bond donors (Lipinski definition) is 1. The van der Waals surface area contributed by atoms with Gasteiger partial charge in [0.25, 0.3) is 5.69 Å². The largest absolute Gasteiger partial charge is 0.489 e. The summed E-state index contributed by atoms with van der Waals surface area (Å²) in [5, 5.41) is 10.9. The molecule has 1 atom stereocenters. The molecule has 0 saturated carbocycles. The van der Waals surface area contributed by atoms with Crippen LogP contribution >= 0.6 is 0 Å². The summed E-state index contributed by atoms with van der Waals surface area (Å²) in [6.07, 6.45) is -2.00. The van der Waals surface area contributed by atoms with Crippen molar-refractivity contribution in [3.63, 3.8) is 0 Å². The van der Waals surface area contributed by atoms with E-state index >= 15 is 0 Å². The third kappa shape index (κ3) is 5.37. The Morgan fingerprint density at radius 1 is 1.21 bits per heavy atom. The fourth-order valence-corrected chi connectivity index (χ4v) is 2.97. The van der Waals surface area contributed by atoms with Crippen molar-refractivity contribution >= 4 is 11.4 Å². The topological polar surface area (TPSA) is 78.4 Å². The van der Waals surface area contributed by atoms with Gasteiger partial charge >= 0.3 is 6.18 Å². The van der Waals surface area contributed by atoms with Gasteiger partial charge in [0.15, 0.2) is 0 Å². The van der Waals surface area contributed by atoms with E-state index in [0.29, 0.717) is 12.0 Å². The number of ether oxygens (including phenoxy) is 1. The van der Waals surface area contributed by atoms with Crippen molar-refractivity contribution < 1.29 is 22.8 Å². The number of nitrogen functional groups attached to an aromatic ring is 1. The first-order valence-corrected chi connectivity index (χ1v) is 9.00. The molecular weight excluding hydrogens is 373 g/mol. The summed E-state index contributed by atoms with van der Waals surface area (Å²) >= 11 is 0. The SMILES string of the molecule is CCCCC(C)c1ccc(COc2ccc(N)c([N+](=O)[O-])c2)cc1C(F)(F)F. The Kier molecular flexibility index (Phi) is 6.88. The summed E-state index contributed by atoms with van der Waals surface area (Å²) < 4.78 is 46.0. The highest BCUT2D eigenvalue weighted by atomic mass is 19.4. The number of nitro groups is 1. The molecule has 2 rings (SSSR count). The molecule has 28 heavy (non-hydrogen) atoms. The molecule has 2 aromatic rings. The molecule has 0 heterocycles. The van der Waals surface area contributed by atoms with Crippen LogP contribution in [0.5, 0.6) is 5.75 Å². The molecule has 152 valence electrons. The van der Waals surface area contributed by atoms with Gasteiger partial charge in [-0.2, -0.15) is 13.2 Å². The van der Waals surface area contributed by atoms with Gasteiger partial charge in [-0.05, 0) is 41.7 Å². The lowest BCUT2D eigenvalue weighted by molar-refractivity contribution is -0.384. The smallest absolute Gasteiger partial charge is 0.416 e. The standard InChI is InChI=1S/C20H23F3N2O3/c1-3-4-5-13(2)16-8-6-14(10-17(16)20(21,22)23)12-28-15-7-9-18(24)19(11-15)25(26)27/h6-11,13H,3-5,12,24H2,1-2H3. The molecule has 0 amide bonds. The van der Waals surface area contributed by atoms with E-state index in [1.54, 1.807) is 13.0 Å². The molecule has 0 aliphatic carbocycles. The van der Waals surface area contributed by atoms with E-state index in [1.165, 1.54) is 18.2 Å². The number of benzene rings is 2. The van der Waals surface area contributed by atoms with Crippen LogP contribution in [-0.4, -0.2) is 4.92 Å². The Morgan fingerprint density at radius 2 is 1.93 bits per heavy atom. The van der Waals surface area contributed by atoms with E-state index in [4.69, 9.17) is 10.5 Å². The zero-order valence-corrected chi connectivity index (χ0v) is 15.8. The minimum absolute atomic E-state index is 0.0119. The Hall–Kier alpha value is -2.77. The van der Waals surface area contributed by atoms with E-state index < -0.39 is 16.7 Å². The summed E-state index contributed by atoms with van der Waals surface area (Å²) in [5.74, 6) is -0.0406. The van der Waals surface area contributed by atoms with Crippen LogP contribution in [0.2, 0.25) is 0 Å². The molecule has 0 bridgehead atoms. The van der Waals surface area contributed by atoms with Crippen LogP contribution in [0.25, 0.3) is 0 Å². The molecule has 2 N–H and O–H groups in total. The highest BCUT2D eigenvalue weighted by molar-refractivity contribution is 5.60. The zero-order chi connectivity index (χ0) is 20.9. The molecule has 5 nitrogen and oxygen atoms in total. The minimum Gasteiger partial charge on any atom is -0.489 e. The molecule has 2 aromatic carbocycles. The second-order valence-corrected chi connectivity index (χ2v) is 6.73. The number of nitrogens with two attached hydrogens (primary N) is 1. The monoisotopic (exact) mass is 396 g/mol. The van der Waals surface area contributed by atoms with Crippen LogP contribution in [0.15, 0.2) is 36.4 Å². The van der Waals surface area contributed by atoms with Crippen molar-refractivity contribution in [3.05, 3.63) is 63.2 Å². The Bertz CT molecular complexity index is 838. The van der Waals surface area contributed by atoms with Crippen LogP contribution in [0.3, 0.4) is 0 Å². The fourth-order valence-electron chi connectivity index (χ4n) is 2.97. The summed E-state index contributed by atoms with van der Waals surface area (Å²) in [7, 11) is 0. The number of halogens is 3. The number of nitrogens with zero attached hydrogens (tertiary/aromatic N) is 1. The second kappa shape index (κ2) is 8.95. The highest BCUT2D eigenvalue weighted by Crippen LogP contribution is 2.37. The lowest BCUT2D eigenvalue weighted by atomic mass is 9.90. The average Bonchev–Trinajstić information content (AvgIpc) is 2.64. The zero-order valence-electron chi connectivity index (χ0n) is 15.8. The maximum atomic E-state index is 13.5. The van der Waals surface area contributed by atoms with Crippen molar-refractivity contribution in [2.45, 2.75) is 51.8 Å². The maximum absolute atomic E-state index is 13.5. The number of unbranched alkanes of at least 4 members (excludes halogenated alkanes) is 1. The predicted octanol–water partition coefficient (Wildman–Crippen LogP) is 6.07. The first kappa shape index (κ1) is 21.5. The van der Waals surface area contributed by atoms with E-state index in [1.807, 2.05) is 6.92 Å². The maximum Gasteiger partial charge on any atom is 0.416 e. The Balaban J connectivity index is 2.23. The molecule has 0 saturated heterocycles. The molecule has 0 spiro atoms. The lowest BCUT2D eigenvalue weighted by Gasteiger charge is -2.19. The molecule has 0 radical (unpaired) electrons. The molecular formula is C20H23F3N2O3. The van der Waals surface area contributed by atoms with Gasteiger partial charge < -0.3 is 10.5 Å². The third-order valence-corrected chi connectivity index (χ3v) is 4.55. The van der Waals surface area contributed by atoms with Crippen molar-refractivity contribution in [1.29, 1.82) is 0 Å². The first-order valence-electron chi connectivity index (χ1n) is 9.00. The summed E-state index contributed by atoms with van der Waals surface area (Å²) in [5.41, 5.74) is 5.14. The lowest BCUT2D eigenvalue weighted by Crippen LogP contribution is -2.12. The summed E-state index contributed by atoms with van der Waals surface area (Å²) in [6, 6.07) is 8.10. The van der Waals surface area contributed by atoms with E-state index in [-0.39, 0.29) is 35.2 Å². The minimum atomic E-state index is -4.47. The van der Waals surface area contributed by atoms with Gasteiger partial charge in [0.1, 0.15) is 18.0 Å². The van der Waals surface area contributed by atoms with Gasteiger partial charge in [-0.15, -0.1) is 0 Å². The predicted molar refractivity (Wildman–Crippen MR) is 101 cm³/mol. The number of nitro benzene ring substituents is 1. The van der Waals surface area contributed by atoms with Crippen LogP contribution in [0, 0.1) is 10.1 Å². The molecule has 8 heteroatoms. The summed E-state index contributed by atoms with van der Waals surface area (Å²) in [4.78, 5) is 10.3. The fraction of sp³-hybridized carbons (Fsp3) is 0.400. The van der Waals surface area contributed by atoms with Crippen LogP contribution in [-0.2, 0) is 12.8 Å². The number of hydrogen-bond acceptors (Lipinski definition) is 4. The van der Waals surface area contributed by atoms with E-state index in [0.717, 1.165) is 25.0 Å². The second-order valence-electron chi connectivity index (χ2n) is 6.73. The van der Waals surface area contributed by atoms with Crippen molar-refractivity contribution in [2.75, 3.05) is 5.73 Å². The van der Waals surface area contributed by atoms with Crippen molar-refractivity contribution in [2.24, 2.45) is 0 Å². The number of alkyl halides is 3. The number of anilines is 1. The van der Waals surface area contributed by atoms with Gasteiger partial charge in [-0.3, -0.25) is 10.1 Å². The molecule has 1 unspecified atom stereocenters. The van der Waals surface area contributed by atoms with Crippen molar-refractivity contribution in [3.8, 4) is 5.75 Å². The third-order valence-electron chi connectivity index (χ3n) is 4.55. The number of rotatable bonds is 8. The highest BCUT2D eigenvalue weighted by Gasteiger charge is 2.34. The molecule has 0 aliphatic rings. The van der Waals surface area contributed by atoms with E-state index in [2.05, 4.69) is 0 Å². The van der Waals surface area contributed by atoms with Crippen molar-refractivity contribution in [1.82, 2.24) is 0 Å². The van der Waals surface area contributed by atoms with E-state index in [9.17, 15) is 23.3 Å². The van der Waals surface area contributed by atoms with Gasteiger partial charge in [0, 0.05) is 0 Å². The normalized spacial score (nSPS) is 12.6.